The summed E-state index contributed by atoms with van der Waals surface area (Å²) in [4.78, 5) is 16.6. The zero-order valence-corrected chi connectivity index (χ0v) is 11.5. The standard InChI is InChI=1S/C13H15N3O2S/c1-7-11(19-13(14)15-7)12(18)16-10-6-4-3-5-9(10)8(2)17/h3-6,8,17H,1-2H3,(H2,14,15)(H,16,18). The molecule has 0 aliphatic rings. The molecule has 0 aliphatic heterocycles. The molecule has 19 heavy (non-hydrogen) atoms. The van der Waals surface area contributed by atoms with Crippen LogP contribution in [0.3, 0.4) is 0 Å². The molecular weight excluding hydrogens is 262 g/mol. The third-order valence-electron chi connectivity index (χ3n) is 2.68. The molecule has 4 N–H and O–H groups in total. The maximum atomic E-state index is 12.1. The molecule has 0 spiro atoms. The number of anilines is 2. The molecule has 5 nitrogen and oxygen atoms in total. The molecule has 100 valence electrons. The lowest BCUT2D eigenvalue weighted by Gasteiger charge is -2.12. The van der Waals surface area contributed by atoms with E-state index in [9.17, 15) is 9.90 Å². The average molecular weight is 277 g/mol. The van der Waals surface area contributed by atoms with Crippen LogP contribution in [0.4, 0.5) is 10.8 Å². The molecule has 1 unspecified atom stereocenters. The van der Waals surface area contributed by atoms with Gasteiger partial charge in [0.2, 0.25) is 0 Å². The summed E-state index contributed by atoms with van der Waals surface area (Å²) in [5.41, 5.74) is 7.45. The highest BCUT2D eigenvalue weighted by atomic mass is 32.1. The van der Waals surface area contributed by atoms with E-state index in [1.54, 1.807) is 32.0 Å². The fraction of sp³-hybridized carbons (Fsp3) is 0.231. The minimum atomic E-state index is -0.649. The number of carbonyl (C=O) groups excluding carboxylic acids is 1. The van der Waals surface area contributed by atoms with E-state index in [-0.39, 0.29) is 5.91 Å². The van der Waals surface area contributed by atoms with Gasteiger partial charge in [0.25, 0.3) is 5.91 Å². The molecule has 1 aromatic heterocycles. The minimum absolute atomic E-state index is 0.264. The molecule has 1 atom stereocenters. The molecule has 1 amide bonds. The molecule has 0 aliphatic carbocycles. The zero-order valence-electron chi connectivity index (χ0n) is 10.7. The number of para-hydroxylation sites is 1. The Labute approximate surface area is 115 Å². The molecule has 0 fully saturated rings. The number of aromatic nitrogens is 1. The van der Waals surface area contributed by atoms with Crippen molar-refractivity contribution < 1.29 is 9.90 Å². The minimum Gasteiger partial charge on any atom is -0.389 e. The maximum Gasteiger partial charge on any atom is 0.267 e. The predicted molar refractivity (Wildman–Crippen MR) is 76.3 cm³/mol. The summed E-state index contributed by atoms with van der Waals surface area (Å²) < 4.78 is 0. The van der Waals surface area contributed by atoms with Gasteiger partial charge in [0, 0.05) is 11.3 Å². The van der Waals surface area contributed by atoms with Crippen LogP contribution < -0.4 is 11.1 Å². The van der Waals surface area contributed by atoms with Crippen molar-refractivity contribution in [3.05, 3.63) is 40.4 Å². The van der Waals surface area contributed by atoms with E-state index < -0.39 is 6.10 Å². The molecule has 2 rings (SSSR count). The number of carbonyl (C=O) groups is 1. The third kappa shape index (κ3) is 2.91. The average Bonchev–Trinajstić information content (AvgIpc) is 2.69. The van der Waals surface area contributed by atoms with E-state index in [0.29, 0.717) is 27.0 Å². The Balaban J connectivity index is 2.27. The van der Waals surface area contributed by atoms with E-state index in [4.69, 9.17) is 5.73 Å². The second-order valence-corrected chi connectivity index (χ2v) is 5.21. The summed E-state index contributed by atoms with van der Waals surface area (Å²) in [7, 11) is 0. The van der Waals surface area contributed by atoms with Gasteiger partial charge in [-0.1, -0.05) is 29.5 Å². The number of benzene rings is 1. The highest BCUT2D eigenvalue weighted by molar-refractivity contribution is 7.17. The lowest BCUT2D eigenvalue weighted by molar-refractivity contribution is 0.102. The van der Waals surface area contributed by atoms with E-state index in [1.165, 1.54) is 0 Å². The number of hydrogen-bond donors (Lipinski definition) is 3. The number of nitrogens with zero attached hydrogens (tertiary/aromatic N) is 1. The number of aliphatic hydroxyl groups is 1. The van der Waals surface area contributed by atoms with Crippen molar-refractivity contribution in [2.75, 3.05) is 11.1 Å². The number of nitrogens with two attached hydrogens (primary N) is 1. The molecule has 1 aromatic carbocycles. The third-order valence-corrected chi connectivity index (χ3v) is 3.66. The molecule has 1 heterocycles. The first-order valence-corrected chi connectivity index (χ1v) is 6.62. The van der Waals surface area contributed by atoms with Crippen LogP contribution in [0.15, 0.2) is 24.3 Å². The normalized spacial score (nSPS) is 12.2. The van der Waals surface area contributed by atoms with Crippen molar-refractivity contribution in [2.24, 2.45) is 0 Å². The van der Waals surface area contributed by atoms with Crippen molar-refractivity contribution in [1.29, 1.82) is 0 Å². The Kier molecular flexibility index (Phi) is 3.82. The Morgan fingerprint density at radius 2 is 2.16 bits per heavy atom. The van der Waals surface area contributed by atoms with Gasteiger partial charge in [-0.15, -0.1) is 0 Å². The number of aliphatic hydroxyl groups excluding tert-OH is 1. The van der Waals surface area contributed by atoms with E-state index in [1.807, 2.05) is 6.07 Å². The van der Waals surface area contributed by atoms with Gasteiger partial charge in [0.05, 0.1) is 11.8 Å². The molecule has 0 radical (unpaired) electrons. The maximum absolute atomic E-state index is 12.1. The van der Waals surface area contributed by atoms with Crippen molar-refractivity contribution in [3.63, 3.8) is 0 Å². The number of thiazole rings is 1. The number of rotatable bonds is 3. The van der Waals surface area contributed by atoms with Crippen LogP contribution in [0.25, 0.3) is 0 Å². The highest BCUT2D eigenvalue weighted by Gasteiger charge is 2.16. The van der Waals surface area contributed by atoms with Crippen molar-refractivity contribution >= 4 is 28.1 Å². The summed E-state index contributed by atoms with van der Waals surface area (Å²) in [6, 6.07) is 7.14. The van der Waals surface area contributed by atoms with Gasteiger partial charge in [0.1, 0.15) is 4.88 Å². The zero-order chi connectivity index (χ0) is 14.0. The molecule has 6 heteroatoms. The number of nitrogens with one attached hydrogen (secondary N) is 1. The first-order chi connectivity index (χ1) is 8.99. The second-order valence-electron chi connectivity index (χ2n) is 4.18. The quantitative estimate of drug-likeness (QED) is 0.803. The van der Waals surface area contributed by atoms with Gasteiger partial charge in [0.15, 0.2) is 5.13 Å². The summed E-state index contributed by atoms with van der Waals surface area (Å²) in [5, 5.41) is 12.8. The number of hydrogen-bond acceptors (Lipinski definition) is 5. The second kappa shape index (κ2) is 5.38. The summed E-state index contributed by atoms with van der Waals surface area (Å²) in [6.45, 7) is 3.39. The van der Waals surface area contributed by atoms with E-state index in [2.05, 4.69) is 10.3 Å². The Hall–Kier alpha value is -1.92. The summed E-state index contributed by atoms with van der Waals surface area (Å²) in [5.74, 6) is -0.264. The van der Waals surface area contributed by atoms with Crippen LogP contribution in [0.5, 0.6) is 0 Å². The van der Waals surface area contributed by atoms with Gasteiger partial charge in [-0.3, -0.25) is 4.79 Å². The smallest absolute Gasteiger partial charge is 0.267 e. The largest absolute Gasteiger partial charge is 0.389 e. The number of aryl methyl sites for hydroxylation is 1. The summed E-state index contributed by atoms with van der Waals surface area (Å²) >= 11 is 1.15. The Morgan fingerprint density at radius 1 is 1.47 bits per heavy atom. The fourth-order valence-corrected chi connectivity index (χ4v) is 2.51. The molecule has 2 aromatic rings. The Bertz CT molecular complexity index is 608. The fourth-order valence-electron chi connectivity index (χ4n) is 1.78. The van der Waals surface area contributed by atoms with Gasteiger partial charge in [-0.2, -0.15) is 0 Å². The lowest BCUT2D eigenvalue weighted by atomic mass is 10.1. The predicted octanol–water partition coefficient (Wildman–Crippen LogP) is 2.34. The van der Waals surface area contributed by atoms with Gasteiger partial charge in [-0.05, 0) is 19.9 Å². The molecular formula is C13H15N3O2S. The van der Waals surface area contributed by atoms with E-state index in [0.717, 1.165) is 11.3 Å². The molecule has 0 saturated carbocycles. The first-order valence-electron chi connectivity index (χ1n) is 5.80. The van der Waals surface area contributed by atoms with Crippen LogP contribution >= 0.6 is 11.3 Å². The SMILES string of the molecule is Cc1nc(N)sc1C(=O)Nc1ccccc1C(C)O. The Morgan fingerprint density at radius 3 is 2.74 bits per heavy atom. The van der Waals surface area contributed by atoms with Crippen LogP contribution in [0.1, 0.15) is 34.0 Å². The topological polar surface area (TPSA) is 88.2 Å². The van der Waals surface area contributed by atoms with Crippen molar-refractivity contribution in [2.45, 2.75) is 20.0 Å². The highest BCUT2D eigenvalue weighted by Crippen LogP contribution is 2.25. The summed E-state index contributed by atoms with van der Waals surface area (Å²) in [6.07, 6.45) is -0.649. The van der Waals surface area contributed by atoms with Gasteiger partial charge < -0.3 is 16.2 Å². The van der Waals surface area contributed by atoms with Crippen molar-refractivity contribution in [1.82, 2.24) is 4.98 Å². The van der Waals surface area contributed by atoms with Crippen LogP contribution in [0, 0.1) is 6.92 Å². The lowest BCUT2D eigenvalue weighted by Crippen LogP contribution is -2.13. The van der Waals surface area contributed by atoms with Gasteiger partial charge in [-0.25, -0.2) is 4.98 Å². The van der Waals surface area contributed by atoms with Crippen molar-refractivity contribution in [3.8, 4) is 0 Å². The molecule has 0 bridgehead atoms. The molecule has 0 saturated heterocycles. The first kappa shape index (κ1) is 13.5. The van der Waals surface area contributed by atoms with E-state index >= 15 is 0 Å². The van der Waals surface area contributed by atoms with Gasteiger partial charge >= 0.3 is 0 Å². The van der Waals surface area contributed by atoms with Crippen LogP contribution in [-0.4, -0.2) is 16.0 Å². The number of amides is 1. The monoisotopic (exact) mass is 277 g/mol. The van der Waals surface area contributed by atoms with Crippen LogP contribution in [0.2, 0.25) is 0 Å². The van der Waals surface area contributed by atoms with Crippen LogP contribution in [-0.2, 0) is 0 Å². The number of nitrogen functional groups attached to an aromatic ring is 1.